The Bertz CT molecular complexity index is 1010. The fourth-order valence-corrected chi connectivity index (χ4v) is 4.49. The molecule has 0 amide bonds. The predicted octanol–water partition coefficient (Wildman–Crippen LogP) is 2.20. The minimum absolute atomic E-state index is 0.110. The molecule has 2 heterocycles. The highest BCUT2D eigenvalue weighted by Gasteiger charge is 2.47. The van der Waals surface area contributed by atoms with E-state index in [9.17, 15) is 14.4 Å². The zero-order chi connectivity index (χ0) is 21.6. The number of esters is 2. The van der Waals surface area contributed by atoms with Crippen LogP contribution in [0, 0.1) is 11.8 Å². The van der Waals surface area contributed by atoms with Gasteiger partial charge in [0.1, 0.15) is 5.92 Å². The van der Waals surface area contributed by atoms with Crippen LogP contribution < -0.4 is 14.8 Å². The van der Waals surface area contributed by atoms with Crippen molar-refractivity contribution in [1.29, 1.82) is 0 Å². The van der Waals surface area contributed by atoms with Gasteiger partial charge in [-0.2, -0.15) is 0 Å². The maximum Gasteiger partial charge on any atom is 0.336 e. The molecular weight excluding hydrogens is 390 g/mol. The van der Waals surface area contributed by atoms with Crippen LogP contribution in [-0.2, 0) is 23.9 Å². The molecule has 0 radical (unpaired) electrons. The smallest absolute Gasteiger partial charge is 0.336 e. The third-order valence-electron chi connectivity index (χ3n) is 5.88. The third-order valence-corrected chi connectivity index (χ3v) is 5.88. The van der Waals surface area contributed by atoms with Crippen molar-refractivity contribution in [3.63, 3.8) is 0 Å². The summed E-state index contributed by atoms with van der Waals surface area (Å²) in [6.07, 6.45) is 0.480. The fourth-order valence-electron chi connectivity index (χ4n) is 4.49. The van der Waals surface area contributed by atoms with Gasteiger partial charge >= 0.3 is 11.9 Å². The van der Waals surface area contributed by atoms with Gasteiger partial charge in [-0.25, -0.2) is 4.79 Å². The van der Waals surface area contributed by atoms with E-state index in [0.29, 0.717) is 46.0 Å². The standard InChI is InChI=1S/C22H23NO7/c1-10-7-13-19(20(24)16(10)21(25)27-3)18(17(11(2)23-13)22(26)28-4)12-5-6-14-15(8-12)30-9-29-14/h5-6,8,10,16,18,23H,7,9H2,1-4H3/t10-,16-,18-/m1/s1. The Morgan fingerprint density at radius 1 is 1.13 bits per heavy atom. The zero-order valence-electron chi connectivity index (χ0n) is 17.2. The highest BCUT2D eigenvalue weighted by Crippen LogP contribution is 2.47. The van der Waals surface area contributed by atoms with E-state index in [0.717, 1.165) is 0 Å². The van der Waals surface area contributed by atoms with Crippen LogP contribution in [0.15, 0.2) is 40.7 Å². The van der Waals surface area contributed by atoms with Gasteiger partial charge in [0.25, 0.3) is 0 Å². The van der Waals surface area contributed by atoms with E-state index in [1.54, 1.807) is 25.1 Å². The number of fused-ring (bicyclic) bond motifs is 1. The largest absolute Gasteiger partial charge is 0.468 e. The molecule has 0 saturated heterocycles. The van der Waals surface area contributed by atoms with Crippen LogP contribution in [0.25, 0.3) is 0 Å². The Hall–Kier alpha value is -3.29. The van der Waals surface area contributed by atoms with Crippen LogP contribution in [0.2, 0.25) is 0 Å². The fraction of sp³-hybridized carbons (Fsp3) is 0.409. The molecule has 158 valence electrons. The molecule has 1 aromatic carbocycles. The van der Waals surface area contributed by atoms with Crippen LogP contribution in [0.5, 0.6) is 11.5 Å². The summed E-state index contributed by atoms with van der Waals surface area (Å²) >= 11 is 0. The minimum Gasteiger partial charge on any atom is -0.468 e. The summed E-state index contributed by atoms with van der Waals surface area (Å²) in [5, 5.41) is 3.20. The van der Waals surface area contributed by atoms with E-state index in [-0.39, 0.29) is 18.5 Å². The number of hydrogen-bond donors (Lipinski definition) is 1. The molecule has 0 spiro atoms. The highest BCUT2D eigenvalue weighted by atomic mass is 16.7. The zero-order valence-corrected chi connectivity index (χ0v) is 17.2. The molecule has 8 heteroatoms. The first kappa shape index (κ1) is 20.0. The first-order chi connectivity index (χ1) is 14.4. The van der Waals surface area contributed by atoms with Crippen molar-refractivity contribution in [2.45, 2.75) is 26.2 Å². The second kappa shape index (κ2) is 7.51. The Morgan fingerprint density at radius 2 is 1.87 bits per heavy atom. The van der Waals surface area contributed by atoms with E-state index in [1.807, 2.05) is 6.92 Å². The molecule has 8 nitrogen and oxygen atoms in total. The quantitative estimate of drug-likeness (QED) is 0.595. The Morgan fingerprint density at radius 3 is 2.57 bits per heavy atom. The van der Waals surface area contributed by atoms with E-state index >= 15 is 0 Å². The average molecular weight is 413 g/mol. The number of Topliss-reactive ketones (excluding diaryl/α,β-unsaturated/α-hetero) is 1. The molecule has 0 bridgehead atoms. The molecular formula is C22H23NO7. The van der Waals surface area contributed by atoms with Crippen molar-refractivity contribution in [2.75, 3.05) is 21.0 Å². The van der Waals surface area contributed by atoms with Crippen LogP contribution >= 0.6 is 0 Å². The Labute approximate surface area is 173 Å². The number of carbonyl (C=O) groups excluding carboxylic acids is 3. The van der Waals surface area contributed by atoms with Crippen molar-refractivity contribution >= 4 is 17.7 Å². The molecule has 0 unspecified atom stereocenters. The number of dihydropyridines is 1. The number of benzene rings is 1. The number of methoxy groups -OCH3 is 2. The van der Waals surface area contributed by atoms with Gasteiger partial charge in [-0.15, -0.1) is 0 Å². The van der Waals surface area contributed by atoms with Gasteiger partial charge in [-0.1, -0.05) is 13.0 Å². The number of nitrogens with one attached hydrogen (secondary N) is 1. The van der Waals surface area contributed by atoms with E-state index in [4.69, 9.17) is 18.9 Å². The van der Waals surface area contributed by atoms with Crippen LogP contribution in [0.1, 0.15) is 31.7 Å². The van der Waals surface area contributed by atoms with E-state index < -0.39 is 23.8 Å². The molecule has 30 heavy (non-hydrogen) atoms. The molecule has 1 N–H and O–H groups in total. The summed E-state index contributed by atoms with van der Waals surface area (Å²) in [5.74, 6) is -2.19. The van der Waals surface area contributed by atoms with Crippen molar-refractivity contribution in [1.82, 2.24) is 5.32 Å². The molecule has 0 aromatic heterocycles. The molecule has 3 atom stereocenters. The Balaban J connectivity index is 1.88. The van der Waals surface area contributed by atoms with Gasteiger partial charge in [0, 0.05) is 22.9 Å². The molecule has 1 aliphatic carbocycles. The topological polar surface area (TPSA) is 100 Å². The molecule has 1 aromatic rings. The second-order valence-electron chi connectivity index (χ2n) is 7.64. The highest BCUT2D eigenvalue weighted by molar-refractivity contribution is 6.12. The Kier molecular flexibility index (Phi) is 5.01. The van der Waals surface area contributed by atoms with Gasteiger partial charge in [0.2, 0.25) is 6.79 Å². The summed E-state index contributed by atoms with van der Waals surface area (Å²) < 4.78 is 20.8. The molecule has 2 aliphatic heterocycles. The van der Waals surface area contributed by atoms with Crippen molar-refractivity contribution in [3.05, 3.63) is 46.3 Å². The van der Waals surface area contributed by atoms with Crippen molar-refractivity contribution < 1.29 is 33.3 Å². The lowest BCUT2D eigenvalue weighted by Crippen LogP contribution is -2.43. The lowest BCUT2D eigenvalue weighted by molar-refractivity contribution is -0.151. The van der Waals surface area contributed by atoms with Crippen LogP contribution in [0.4, 0.5) is 0 Å². The monoisotopic (exact) mass is 413 g/mol. The lowest BCUT2D eigenvalue weighted by atomic mass is 9.69. The van der Waals surface area contributed by atoms with Crippen molar-refractivity contribution in [2.24, 2.45) is 11.8 Å². The van der Waals surface area contributed by atoms with Gasteiger partial charge in [0.15, 0.2) is 17.3 Å². The minimum atomic E-state index is -0.927. The second-order valence-corrected chi connectivity index (χ2v) is 7.64. The van der Waals surface area contributed by atoms with E-state index in [1.165, 1.54) is 14.2 Å². The predicted molar refractivity (Wildman–Crippen MR) is 104 cm³/mol. The molecule has 4 rings (SSSR count). The first-order valence-corrected chi connectivity index (χ1v) is 9.68. The molecule has 0 fully saturated rings. The molecule has 3 aliphatic rings. The first-order valence-electron chi connectivity index (χ1n) is 9.68. The summed E-state index contributed by atoms with van der Waals surface area (Å²) in [6, 6.07) is 5.30. The third kappa shape index (κ3) is 3.03. The summed E-state index contributed by atoms with van der Waals surface area (Å²) in [6.45, 7) is 3.73. The van der Waals surface area contributed by atoms with Crippen LogP contribution in [0.3, 0.4) is 0 Å². The lowest BCUT2D eigenvalue weighted by Gasteiger charge is -2.38. The van der Waals surface area contributed by atoms with E-state index in [2.05, 4.69) is 5.32 Å². The number of ether oxygens (including phenoxy) is 4. The summed E-state index contributed by atoms with van der Waals surface area (Å²) in [5.41, 5.74) is 2.70. The maximum absolute atomic E-state index is 13.5. The van der Waals surface area contributed by atoms with Gasteiger partial charge in [-0.05, 0) is 37.0 Å². The number of rotatable bonds is 3. The van der Waals surface area contributed by atoms with Gasteiger partial charge < -0.3 is 24.3 Å². The normalized spacial score (nSPS) is 24.9. The number of hydrogen-bond acceptors (Lipinski definition) is 8. The van der Waals surface area contributed by atoms with Crippen molar-refractivity contribution in [3.8, 4) is 11.5 Å². The maximum atomic E-state index is 13.5. The summed E-state index contributed by atoms with van der Waals surface area (Å²) in [4.78, 5) is 38.6. The van der Waals surface area contributed by atoms with Gasteiger partial charge in [-0.3, -0.25) is 9.59 Å². The van der Waals surface area contributed by atoms with Crippen LogP contribution in [-0.4, -0.2) is 38.7 Å². The van der Waals surface area contributed by atoms with Gasteiger partial charge in [0.05, 0.1) is 19.8 Å². The molecule has 0 saturated carbocycles. The number of ketones is 1. The number of carbonyl (C=O) groups is 3. The average Bonchev–Trinajstić information content (AvgIpc) is 3.19. The summed E-state index contributed by atoms with van der Waals surface area (Å²) in [7, 11) is 2.57. The SMILES string of the molecule is COC(=O)C1=C(C)NC2=C(C(=O)[C@H](C(=O)OC)[C@H](C)C2)[C@@H]1c1ccc2c(c1)OCO2. The number of allylic oxidation sites excluding steroid dienone is 3.